The summed E-state index contributed by atoms with van der Waals surface area (Å²) in [5, 5.41) is 12.7. The van der Waals surface area contributed by atoms with Gasteiger partial charge < -0.3 is 20.1 Å². The summed E-state index contributed by atoms with van der Waals surface area (Å²) in [7, 11) is 0. The molecule has 1 aromatic rings. The highest BCUT2D eigenvalue weighted by molar-refractivity contribution is 9.10. The quantitative estimate of drug-likeness (QED) is 0.839. The highest BCUT2D eigenvalue weighted by Crippen LogP contribution is 2.33. The van der Waals surface area contributed by atoms with Crippen molar-refractivity contribution in [2.24, 2.45) is 0 Å². The Morgan fingerprint density at radius 1 is 1.52 bits per heavy atom. The number of aromatic nitrogens is 2. The van der Waals surface area contributed by atoms with E-state index in [1.54, 1.807) is 6.33 Å². The molecule has 0 amide bonds. The molecule has 1 unspecified atom stereocenters. The first kappa shape index (κ1) is 16.5. The van der Waals surface area contributed by atoms with Crippen molar-refractivity contribution < 1.29 is 9.84 Å². The zero-order valence-electron chi connectivity index (χ0n) is 12.8. The molecule has 21 heavy (non-hydrogen) atoms. The van der Waals surface area contributed by atoms with E-state index in [4.69, 9.17) is 4.74 Å². The predicted octanol–water partition coefficient (Wildman–Crippen LogP) is 2.04. The van der Waals surface area contributed by atoms with Crippen LogP contribution in [0.3, 0.4) is 0 Å². The van der Waals surface area contributed by atoms with E-state index in [0.717, 1.165) is 29.1 Å². The van der Waals surface area contributed by atoms with Crippen LogP contribution in [0.1, 0.15) is 27.2 Å². The Morgan fingerprint density at radius 3 is 2.95 bits per heavy atom. The molecule has 1 aromatic heterocycles. The van der Waals surface area contributed by atoms with Gasteiger partial charge in [0.25, 0.3) is 0 Å². The van der Waals surface area contributed by atoms with E-state index in [2.05, 4.69) is 43.0 Å². The smallest absolute Gasteiger partial charge is 0.148 e. The molecule has 2 heterocycles. The van der Waals surface area contributed by atoms with Crippen LogP contribution in [0, 0.1) is 0 Å². The average Bonchev–Trinajstić information content (AvgIpc) is 2.44. The minimum atomic E-state index is -0.326. The second kappa shape index (κ2) is 6.89. The number of rotatable bonds is 5. The molecule has 1 fully saturated rings. The Morgan fingerprint density at radius 2 is 2.29 bits per heavy atom. The summed E-state index contributed by atoms with van der Waals surface area (Å²) in [6.45, 7) is 8.35. The first-order valence-corrected chi connectivity index (χ1v) is 8.04. The number of hydrogen-bond acceptors (Lipinski definition) is 6. The maximum Gasteiger partial charge on any atom is 0.148 e. The Hall–Kier alpha value is -0.920. The Balaban J connectivity index is 2.24. The Kier molecular flexibility index (Phi) is 5.40. The van der Waals surface area contributed by atoms with E-state index in [1.807, 2.05) is 13.8 Å². The zero-order valence-corrected chi connectivity index (χ0v) is 14.4. The minimum absolute atomic E-state index is 0.00355. The van der Waals surface area contributed by atoms with Gasteiger partial charge in [-0.15, -0.1) is 0 Å². The Bertz CT molecular complexity index is 484. The van der Waals surface area contributed by atoms with Gasteiger partial charge in [-0.2, -0.15) is 0 Å². The summed E-state index contributed by atoms with van der Waals surface area (Å²) >= 11 is 3.59. The molecule has 2 rings (SSSR count). The van der Waals surface area contributed by atoms with E-state index in [-0.39, 0.29) is 18.3 Å². The lowest BCUT2D eigenvalue weighted by molar-refractivity contribution is -0.101. The number of aliphatic hydroxyl groups excluding tert-OH is 1. The van der Waals surface area contributed by atoms with Gasteiger partial charge in [0, 0.05) is 19.6 Å². The molecule has 1 aliphatic heterocycles. The third kappa shape index (κ3) is 4.05. The maximum absolute atomic E-state index is 9.42. The van der Waals surface area contributed by atoms with Gasteiger partial charge in [0.05, 0.1) is 18.3 Å². The lowest BCUT2D eigenvalue weighted by Crippen LogP contribution is -2.54. The van der Waals surface area contributed by atoms with Crippen molar-refractivity contribution in [3.8, 4) is 0 Å². The molecule has 1 saturated heterocycles. The van der Waals surface area contributed by atoms with Gasteiger partial charge >= 0.3 is 0 Å². The molecule has 0 bridgehead atoms. The lowest BCUT2D eigenvalue weighted by Gasteiger charge is -2.43. The molecule has 0 spiro atoms. The molecule has 7 heteroatoms. The van der Waals surface area contributed by atoms with Crippen molar-refractivity contribution in [1.29, 1.82) is 0 Å². The predicted molar refractivity (Wildman–Crippen MR) is 86.8 cm³/mol. The molecule has 2 N–H and O–H groups in total. The van der Waals surface area contributed by atoms with Crippen LogP contribution >= 0.6 is 15.9 Å². The first-order valence-electron chi connectivity index (χ1n) is 7.25. The van der Waals surface area contributed by atoms with Gasteiger partial charge in [-0.25, -0.2) is 9.97 Å². The van der Waals surface area contributed by atoms with Crippen molar-refractivity contribution in [3.05, 3.63) is 10.8 Å². The number of morpholine rings is 1. The van der Waals surface area contributed by atoms with Crippen molar-refractivity contribution in [2.45, 2.75) is 38.9 Å². The van der Waals surface area contributed by atoms with Gasteiger partial charge in [0.2, 0.25) is 0 Å². The SMILES string of the molecule is CCCNc1ncnc(N2CC(CO)OC(C)(C)C2)c1Br. The molecular weight excluding hydrogens is 336 g/mol. The van der Waals surface area contributed by atoms with E-state index in [9.17, 15) is 5.11 Å². The van der Waals surface area contributed by atoms with Crippen molar-refractivity contribution in [2.75, 3.05) is 36.5 Å². The van der Waals surface area contributed by atoms with E-state index in [0.29, 0.717) is 13.1 Å². The average molecular weight is 359 g/mol. The van der Waals surface area contributed by atoms with Gasteiger partial charge in [0.15, 0.2) is 0 Å². The molecule has 0 aliphatic carbocycles. The fraction of sp³-hybridized carbons (Fsp3) is 0.714. The van der Waals surface area contributed by atoms with E-state index >= 15 is 0 Å². The van der Waals surface area contributed by atoms with Gasteiger partial charge in [-0.3, -0.25) is 0 Å². The number of hydrogen-bond donors (Lipinski definition) is 2. The molecule has 118 valence electrons. The second-order valence-electron chi connectivity index (χ2n) is 5.85. The van der Waals surface area contributed by atoms with Crippen molar-refractivity contribution >= 4 is 27.6 Å². The number of ether oxygens (including phenoxy) is 1. The summed E-state index contributed by atoms with van der Waals surface area (Å²) in [6, 6.07) is 0. The van der Waals surface area contributed by atoms with Crippen LogP contribution in [0.5, 0.6) is 0 Å². The standard InChI is InChI=1S/C14H23BrN4O2/c1-4-5-16-12-11(15)13(18-9-17-12)19-6-10(7-20)21-14(2,3)8-19/h9-10,20H,4-8H2,1-3H3,(H,16,17,18). The minimum Gasteiger partial charge on any atom is -0.394 e. The van der Waals surface area contributed by atoms with Crippen LogP contribution in [0.2, 0.25) is 0 Å². The molecule has 1 aliphatic rings. The summed E-state index contributed by atoms with van der Waals surface area (Å²) in [4.78, 5) is 10.8. The number of nitrogens with one attached hydrogen (secondary N) is 1. The number of anilines is 2. The number of halogens is 1. The molecule has 0 aromatic carbocycles. The topological polar surface area (TPSA) is 70.5 Å². The van der Waals surface area contributed by atoms with Crippen LogP contribution in [0.15, 0.2) is 10.8 Å². The summed E-state index contributed by atoms with van der Waals surface area (Å²) in [6.07, 6.45) is 2.39. The third-order valence-corrected chi connectivity index (χ3v) is 4.03. The van der Waals surface area contributed by atoms with Crippen molar-refractivity contribution in [1.82, 2.24) is 9.97 Å². The first-order chi connectivity index (χ1) is 9.96. The fourth-order valence-corrected chi connectivity index (χ4v) is 3.10. The molecular formula is C14H23BrN4O2. The molecule has 0 radical (unpaired) electrons. The largest absolute Gasteiger partial charge is 0.394 e. The number of aliphatic hydroxyl groups is 1. The van der Waals surface area contributed by atoms with Crippen LogP contribution in [-0.2, 0) is 4.74 Å². The van der Waals surface area contributed by atoms with E-state index < -0.39 is 0 Å². The van der Waals surface area contributed by atoms with Crippen LogP contribution in [-0.4, -0.2) is 53.0 Å². The van der Waals surface area contributed by atoms with Crippen molar-refractivity contribution in [3.63, 3.8) is 0 Å². The molecule has 6 nitrogen and oxygen atoms in total. The highest BCUT2D eigenvalue weighted by atomic mass is 79.9. The highest BCUT2D eigenvalue weighted by Gasteiger charge is 2.34. The normalized spacial score (nSPS) is 21.4. The summed E-state index contributed by atoms with van der Waals surface area (Å²) < 4.78 is 6.70. The number of nitrogens with zero attached hydrogens (tertiary/aromatic N) is 3. The Labute approximate surface area is 134 Å². The summed E-state index contributed by atoms with van der Waals surface area (Å²) in [5.41, 5.74) is -0.326. The second-order valence-corrected chi connectivity index (χ2v) is 6.64. The van der Waals surface area contributed by atoms with Crippen LogP contribution in [0.4, 0.5) is 11.6 Å². The van der Waals surface area contributed by atoms with Crippen LogP contribution in [0.25, 0.3) is 0 Å². The molecule has 1 atom stereocenters. The lowest BCUT2D eigenvalue weighted by atomic mass is 10.1. The van der Waals surface area contributed by atoms with E-state index in [1.165, 1.54) is 0 Å². The third-order valence-electron chi connectivity index (χ3n) is 3.30. The maximum atomic E-state index is 9.42. The monoisotopic (exact) mass is 358 g/mol. The zero-order chi connectivity index (χ0) is 15.5. The van der Waals surface area contributed by atoms with Gasteiger partial charge in [-0.05, 0) is 36.2 Å². The van der Waals surface area contributed by atoms with Gasteiger partial charge in [0.1, 0.15) is 22.4 Å². The van der Waals surface area contributed by atoms with Crippen LogP contribution < -0.4 is 10.2 Å². The van der Waals surface area contributed by atoms with Gasteiger partial charge in [-0.1, -0.05) is 6.92 Å². The molecule has 0 saturated carbocycles. The summed E-state index contributed by atoms with van der Waals surface area (Å²) in [5.74, 6) is 1.63. The fourth-order valence-electron chi connectivity index (χ4n) is 2.50.